The van der Waals surface area contributed by atoms with Crippen LogP contribution in [0.3, 0.4) is 0 Å². The molecule has 3 nitrogen and oxygen atoms in total. The fourth-order valence-corrected chi connectivity index (χ4v) is 2.23. The summed E-state index contributed by atoms with van der Waals surface area (Å²) in [7, 11) is 0. The second kappa shape index (κ2) is 5.71. The Balaban J connectivity index is 2.14. The van der Waals surface area contributed by atoms with Crippen molar-refractivity contribution in [2.75, 3.05) is 6.54 Å². The van der Waals surface area contributed by atoms with Gasteiger partial charge in [-0.15, -0.1) is 0 Å². The average molecular weight is 244 g/mol. The first kappa shape index (κ1) is 12.7. The lowest BCUT2D eigenvalue weighted by atomic mass is 10.1. The summed E-state index contributed by atoms with van der Waals surface area (Å²) in [6.45, 7) is 4.86. The van der Waals surface area contributed by atoms with Crippen molar-refractivity contribution < 1.29 is 4.79 Å². The van der Waals surface area contributed by atoms with Gasteiger partial charge in [0.1, 0.15) is 0 Å². The molecule has 0 radical (unpaired) electrons. The minimum atomic E-state index is 0.0288. The molecule has 18 heavy (non-hydrogen) atoms. The number of rotatable bonds is 5. The van der Waals surface area contributed by atoms with Gasteiger partial charge in [-0.2, -0.15) is 0 Å². The minimum Gasteiger partial charge on any atom is -0.358 e. The van der Waals surface area contributed by atoms with Gasteiger partial charge in [-0.25, -0.2) is 0 Å². The fraction of sp³-hybridized carbons (Fsp3) is 0.400. The van der Waals surface area contributed by atoms with E-state index in [1.165, 1.54) is 6.42 Å². The molecule has 0 aliphatic carbocycles. The quantitative estimate of drug-likeness (QED) is 0.778. The number of aryl methyl sites for hydroxylation is 1. The molecule has 0 atom stereocenters. The number of aromatic nitrogens is 1. The molecule has 1 heterocycles. The van der Waals surface area contributed by atoms with Crippen LogP contribution < -0.4 is 5.32 Å². The molecule has 0 saturated carbocycles. The van der Waals surface area contributed by atoms with Crippen molar-refractivity contribution in [2.24, 2.45) is 0 Å². The molecular formula is C15H20N2O. The smallest absolute Gasteiger partial charge is 0.253 e. The Kier molecular flexibility index (Phi) is 4.03. The Morgan fingerprint density at radius 1 is 1.28 bits per heavy atom. The van der Waals surface area contributed by atoms with E-state index in [-0.39, 0.29) is 5.91 Å². The summed E-state index contributed by atoms with van der Waals surface area (Å²) in [5, 5.41) is 4.00. The third-order valence-corrected chi connectivity index (χ3v) is 3.19. The topological polar surface area (TPSA) is 44.9 Å². The highest BCUT2D eigenvalue weighted by Gasteiger charge is 2.14. The molecule has 1 amide bonds. The zero-order chi connectivity index (χ0) is 13.0. The van der Waals surface area contributed by atoms with Crippen LogP contribution in [0.5, 0.6) is 0 Å². The summed E-state index contributed by atoms with van der Waals surface area (Å²) < 4.78 is 0. The van der Waals surface area contributed by atoms with Crippen LogP contribution in [0.25, 0.3) is 10.9 Å². The summed E-state index contributed by atoms with van der Waals surface area (Å²) in [6, 6.07) is 7.92. The van der Waals surface area contributed by atoms with Crippen LogP contribution in [0.2, 0.25) is 0 Å². The fourth-order valence-electron chi connectivity index (χ4n) is 2.23. The zero-order valence-corrected chi connectivity index (χ0v) is 11.0. The lowest BCUT2D eigenvalue weighted by Crippen LogP contribution is -2.24. The zero-order valence-electron chi connectivity index (χ0n) is 11.0. The van der Waals surface area contributed by atoms with E-state index < -0.39 is 0 Å². The van der Waals surface area contributed by atoms with Crippen molar-refractivity contribution in [1.82, 2.24) is 10.3 Å². The number of para-hydroxylation sites is 1. The molecule has 0 unspecified atom stereocenters. The molecule has 1 aromatic carbocycles. The van der Waals surface area contributed by atoms with E-state index in [9.17, 15) is 4.79 Å². The van der Waals surface area contributed by atoms with Gasteiger partial charge in [0.15, 0.2) is 0 Å². The molecule has 0 aliphatic heterocycles. The number of hydrogen-bond acceptors (Lipinski definition) is 1. The Labute approximate surface area is 108 Å². The van der Waals surface area contributed by atoms with Gasteiger partial charge >= 0.3 is 0 Å². The molecule has 2 N–H and O–H groups in total. The molecule has 96 valence electrons. The van der Waals surface area contributed by atoms with Gasteiger partial charge in [0, 0.05) is 23.1 Å². The van der Waals surface area contributed by atoms with E-state index >= 15 is 0 Å². The van der Waals surface area contributed by atoms with Crippen LogP contribution in [-0.4, -0.2) is 17.4 Å². The number of fused-ring (bicyclic) bond motifs is 1. The molecule has 0 bridgehead atoms. The van der Waals surface area contributed by atoms with Crippen LogP contribution in [0.15, 0.2) is 24.3 Å². The van der Waals surface area contributed by atoms with E-state index in [0.717, 1.165) is 41.5 Å². The summed E-state index contributed by atoms with van der Waals surface area (Å²) in [6.07, 6.45) is 3.37. The van der Waals surface area contributed by atoms with Crippen molar-refractivity contribution in [3.8, 4) is 0 Å². The molecule has 0 aliphatic rings. The first-order chi connectivity index (χ1) is 8.74. The predicted molar refractivity (Wildman–Crippen MR) is 74.9 cm³/mol. The van der Waals surface area contributed by atoms with Crippen LogP contribution in [0.1, 0.15) is 42.2 Å². The molecule has 0 fully saturated rings. The summed E-state index contributed by atoms with van der Waals surface area (Å²) >= 11 is 0. The van der Waals surface area contributed by atoms with Crippen molar-refractivity contribution in [2.45, 2.75) is 33.1 Å². The summed E-state index contributed by atoms with van der Waals surface area (Å²) in [5.41, 5.74) is 2.74. The van der Waals surface area contributed by atoms with Gasteiger partial charge in [0.2, 0.25) is 0 Å². The SMILES string of the molecule is CCCCCNC(=O)c1c(C)[nH]c2ccccc12. The second-order valence-corrected chi connectivity index (χ2v) is 4.63. The van der Waals surface area contributed by atoms with Crippen LogP contribution in [0, 0.1) is 6.92 Å². The Hall–Kier alpha value is -1.77. The van der Waals surface area contributed by atoms with Gasteiger partial charge in [0.05, 0.1) is 5.56 Å². The van der Waals surface area contributed by atoms with Crippen molar-refractivity contribution in [3.05, 3.63) is 35.5 Å². The van der Waals surface area contributed by atoms with Crippen LogP contribution in [-0.2, 0) is 0 Å². The van der Waals surface area contributed by atoms with E-state index in [0.29, 0.717) is 0 Å². The van der Waals surface area contributed by atoms with E-state index in [4.69, 9.17) is 0 Å². The Morgan fingerprint density at radius 2 is 2.06 bits per heavy atom. The van der Waals surface area contributed by atoms with Gasteiger partial charge in [-0.3, -0.25) is 4.79 Å². The van der Waals surface area contributed by atoms with Crippen molar-refractivity contribution in [1.29, 1.82) is 0 Å². The highest BCUT2D eigenvalue weighted by atomic mass is 16.1. The van der Waals surface area contributed by atoms with Crippen molar-refractivity contribution >= 4 is 16.8 Å². The number of carbonyl (C=O) groups excluding carboxylic acids is 1. The third-order valence-electron chi connectivity index (χ3n) is 3.19. The van der Waals surface area contributed by atoms with E-state index in [2.05, 4.69) is 17.2 Å². The lowest BCUT2D eigenvalue weighted by molar-refractivity contribution is 0.0954. The number of aromatic amines is 1. The maximum absolute atomic E-state index is 12.2. The highest BCUT2D eigenvalue weighted by molar-refractivity contribution is 6.08. The number of benzene rings is 1. The first-order valence-corrected chi connectivity index (χ1v) is 6.59. The maximum atomic E-state index is 12.2. The van der Waals surface area contributed by atoms with Crippen molar-refractivity contribution in [3.63, 3.8) is 0 Å². The minimum absolute atomic E-state index is 0.0288. The average Bonchev–Trinajstić information content (AvgIpc) is 2.70. The van der Waals surface area contributed by atoms with Gasteiger partial charge in [-0.1, -0.05) is 38.0 Å². The van der Waals surface area contributed by atoms with Crippen LogP contribution in [0.4, 0.5) is 0 Å². The van der Waals surface area contributed by atoms with Gasteiger partial charge in [-0.05, 0) is 19.4 Å². The Morgan fingerprint density at radius 3 is 2.83 bits per heavy atom. The second-order valence-electron chi connectivity index (χ2n) is 4.63. The number of hydrogen-bond donors (Lipinski definition) is 2. The Bertz CT molecular complexity index is 542. The molecule has 0 saturated heterocycles. The lowest BCUT2D eigenvalue weighted by Gasteiger charge is -2.04. The van der Waals surface area contributed by atoms with Gasteiger partial charge < -0.3 is 10.3 Å². The molecule has 2 aromatic rings. The normalized spacial score (nSPS) is 10.8. The summed E-state index contributed by atoms with van der Waals surface area (Å²) in [4.78, 5) is 15.4. The molecule has 3 heteroatoms. The first-order valence-electron chi connectivity index (χ1n) is 6.59. The largest absolute Gasteiger partial charge is 0.358 e. The van der Waals surface area contributed by atoms with Crippen LogP contribution >= 0.6 is 0 Å². The summed E-state index contributed by atoms with van der Waals surface area (Å²) in [5.74, 6) is 0.0288. The monoisotopic (exact) mass is 244 g/mol. The molecule has 2 rings (SSSR count). The number of H-pyrrole nitrogens is 1. The number of carbonyl (C=O) groups is 1. The van der Waals surface area contributed by atoms with E-state index in [1.54, 1.807) is 0 Å². The molecular weight excluding hydrogens is 224 g/mol. The highest BCUT2D eigenvalue weighted by Crippen LogP contribution is 2.21. The van der Waals surface area contributed by atoms with E-state index in [1.807, 2.05) is 31.2 Å². The number of amides is 1. The standard InChI is InChI=1S/C15H20N2O/c1-3-4-7-10-16-15(18)14-11(2)17-13-9-6-5-8-12(13)14/h5-6,8-9,17H,3-4,7,10H2,1-2H3,(H,16,18). The third kappa shape index (κ3) is 2.55. The molecule has 0 spiro atoms. The molecule has 1 aromatic heterocycles. The predicted octanol–water partition coefficient (Wildman–Crippen LogP) is 3.40. The number of unbranched alkanes of at least 4 members (excludes halogenated alkanes) is 2. The number of nitrogens with one attached hydrogen (secondary N) is 2. The maximum Gasteiger partial charge on any atom is 0.253 e. The van der Waals surface area contributed by atoms with Gasteiger partial charge in [0.25, 0.3) is 5.91 Å².